The summed E-state index contributed by atoms with van der Waals surface area (Å²) in [4.78, 5) is 37.7. The summed E-state index contributed by atoms with van der Waals surface area (Å²) in [6.45, 7) is 7.04. The topological polar surface area (TPSA) is 148 Å². The third-order valence-electron chi connectivity index (χ3n) is 9.11. The lowest BCUT2D eigenvalue weighted by Crippen LogP contribution is -2.39. The van der Waals surface area contributed by atoms with Gasteiger partial charge in [-0.2, -0.15) is 4.98 Å². The molecule has 10 heteroatoms. The Bertz CT molecular complexity index is 1090. The Morgan fingerprint density at radius 1 is 0.804 bits per heavy atom. The van der Waals surface area contributed by atoms with Crippen molar-refractivity contribution in [2.75, 3.05) is 18.9 Å². The average molecular weight is 645 g/mol. The maximum Gasteiger partial charge on any atom is 0.323 e. The number of fused-ring (bicyclic) bond motifs is 1. The molecule has 0 aliphatic carbocycles. The molecule has 0 saturated carbocycles. The van der Waals surface area contributed by atoms with Crippen LogP contribution in [0.25, 0.3) is 11.2 Å². The van der Waals surface area contributed by atoms with E-state index >= 15 is 0 Å². The second kappa shape index (κ2) is 24.4. The molecule has 0 fully saturated rings. The predicted molar refractivity (Wildman–Crippen MR) is 186 cm³/mol. The van der Waals surface area contributed by atoms with Crippen molar-refractivity contribution >= 4 is 29.1 Å². The highest BCUT2D eigenvalue weighted by Gasteiger charge is 2.23. The number of esters is 2. The van der Waals surface area contributed by atoms with E-state index in [-0.39, 0.29) is 37.0 Å². The van der Waals surface area contributed by atoms with Crippen molar-refractivity contribution < 1.29 is 19.1 Å². The van der Waals surface area contributed by atoms with Crippen LogP contribution in [0.3, 0.4) is 0 Å². The zero-order valence-electron chi connectivity index (χ0n) is 29.2. The van der Waals surface area contributed by atoms with Gasteiger partial charge in [-0.05, 0) is 18.8 Å². The van der Waals surface area contributed by atoms with Crippen LogP contribution < -0.4 is 11.5 Å². The smallest absolute Gasteiger partial charge is 0.323 e. The van der Waals surface area contributed by atoms with E-state index in [9.17, 15) is 9.59 Å². The van der Waals surface area contributed by atoms with Gasteiger partial charge in [-0.1, -0.05) is 130 Å². The first-order chi connectivity index (χ1) is 22.3. The number of carbonyl (C=O) groups excluding carboxylic acids is 2. The molecule has 0 radical (unpaired) electrons. The first-order valence-corrected chi connectivity index (χ1v) is 18.4. The molecular weight excluding hydrogens is 580 g/mol. The van der Waals surface area contributed by atoms with Gasteiger partial charge in [-0.3, -0.25) is 9.59 Å². The van der Waals surface area contributed by atoms with Crippen LogP contribution in [0.5, 0.6) is 0 Å². The monoisotopic (exact) mass is 644 g/mol. The van der Waals surface area contributed by atoms with E-state index in [0.717, 1.165) is 25.7 Å². The number of aryl methyl sites for hydroxylation is 1. The molecule has 0 amide bonds. The Morgan fingerprint density at radius 2 is 1.35 bits per heavy atom. The van der Waals surface area contributed by atoms with E-state index in [2.05, 4.69) is 21.9 Å². The van der Waals surface area contributed by atoms with Crippen LogP contribution in [0.2, 0.25) is 0 Å². The lowest BCUT2D eigenvalue weighted by atomic mass is 10.0. The second-order valence-electron chi connectivity index (χ2n) is 13.2. The summed E-state index contributed by atoms with van der Waals surface area (Å²) >= 11 is 0. The van der Waals surface area contributed by atoms with Crippen molar-refractivity contribution in [3.63, 3.8) is 0 Å². The Kier molecular flexibility index (Phi) is 20.9. The zero-order valence-corrected chi connectivity index (χ0v) is 29.2. The molecule has 0 spiro atoms. The molecule has 2 unspecified atom stereocenters. The molecule has 0 aromatic carbocycles. The van der Waals surface area contributed by atoms with Gasteiger partial charge in [-0.25, -0.2) is 9.97 Å². The standard InChI is InChI=1S/C36H64N6O4/c1-4-6-7-8-9-10-11-12-13-14-15-16-17-18-19-20-21-22-32(43)45-26-30(27-46-35(44)33(37)29(3)5-2)23-24-42-28-40-31-25-39-36(38)41-34(31)42/h25,28-30,33H,4-24,26-27,37H2,1-3H3,(H2,38,39,41)/t29?,30?,33-/m0/s1. The number of rotatable bonds is 28. The summed E-state index contributed by atoms with van der Waals surface area (Å²) in [7, 11) is 0. The molecule has 2 aromatic rings. The number of imidazole rings is 1. The lowest BCUT2D eigenvalue weighted by molar-refractivity contribution is -0.151. The third-order valence-corrected chi connectivity index (χ3v) is 9.11. The first-order valence-electron chi connectivity index (χ1n) is 18.4. The van der Waals surface area contributed by atoms with Crippen molar-refractivity contribution in [3.8, 4) is 0 Å². The van der Waals surface area contributed by atoms with Crippen molar-refractivity contribution in [3.05, 3.63) is 12.5 Å². The maximum atomic E-state index is 12.5. The minimum Gasteiger partial charge on any atom is -0.465 e. The van der Waals surface area contributed by atoms with E-state index in [0.29, 0.717) is 30.6 Å². The van der Waals surface area contributed by atoms with Crippen molar-refractivity contribution in [1.29, 1.82) is 0 Å². The zero-order chi connectivity index (χ0) is 33.4. The molecule has 2 aromatic heterocycles. The summed E-state index contributed by atoms with van der Waals surface area (Å²) in [6, 6.07) is -0.676. The van der Waals surface area contributed by atoms with Crippen LogP contribution in [0.15, 0.2) is 12.5 Å². The highest BCUT2D eigenvalue weighted by molar-refractivity contribution is 5.75. The molecular formula is C36H64N6O4. The number of nitrogen functional groups attached to an aromatic ring is 1. The fourth-order valence-electron chi connectivity index (χ4n) is 5.63. The molecule has 3 atom stereocenters. The second-order valence-corrected chi connectivity index (χ2v) is 13.2. The molecule has 46 heavy (non-hydrogen) atoms. The van der Waals surface area contributed by atoms with Crippen molar-refractivity contribution in [1.82, 2.24) is 19.5 Å². The van der Waals surface area contributed by atoms with Gasteiger partial charge in [0.25, 0.3) is 0 Å². The lowest BCUT2D eigenvalue weighted by Gasteiger charge is -2.21. The molecule has 10 nitrogen and oxygen atoms in total. The van der Waals surface area contributed by atoms with Crippen LogP contribution in [-0.4, -0.2) is 50.7 Å². The minimum absolute atomic E-state index is 0.0239. The number of ether oxygens (including phenoxy) is 2. The summed E-state index contributed by atoms with van der Waals surface area (Å²) in [5, 5.41) is 0. The summed E-state index contributed by atoms with van der Waals surface area (Å²) in [5.41, 5.74) is 13.1. The maximum absolute atomic E-state index is 12.5. The Labute approximate surface area is 278 Å². The van der Waals surface area contributed by atoms with Crippen LogP contribution >= 0.6 is 0 Å². The predicted octanol–water partition coefficient (Wildman–Crippen LogP) is 7.92. The van der Waals surface area contributed by atoms with Crippen molar-refractivity contribution in [2.24, 2.45) is 17.6 Å². The number of unbranched alkanes of at least 4 members (excludes halogenated alkanes) is 16. The fourth-order valence-corrected chi connectivity index (χ4v) is 5.63. The van der Waals surface area contributed by atoms with Gasteiger partial charge in [0, 0.05) is 18.9 Å². The highest BCUT2D eigenvalue weighted by Crippen LogP contribution is 2.17. The van der Waals surface area contributed by atoms with Gasteiger partial charge >= 0.3 is 11.9 Å². The van der Waals surface area contributed by atoms with Crippen LogP contribution in [-0.2, 0) is 25.6 Å². The van der Waals surface area contributed by atoms with E-state index in [1.54, 1.807) is 12.5 Å². The van der Waals surface area contributed by atoms with E-state index in [4.69, 9.17) is 20.9 Å². The number of aromatic nitrogens is 4. The normalized spacial score (nSPS) is 13.5. The van der Waals surface area contributed by atoms with Gasteiger partial charge in [0.2, 0.25) is 5.95 Å². The number of hydrogen-bond donors (Lipinski definition) is 2. The first kappa shape index (κ1) is 39.4. The fraction of sp³-hybridized carbons (Fsp3) is 0.806. The minimum atomic E-state index is -0.676. The van der Waals surface area contributed by atoms with Gasteiger partial charge < -0.3 is 25.5 Å². The number of anilines is 1. The Morgan fingerprint density at radius 3 is 1.91 bits per heavy atom. The number of nitrogens with two attached hydrogens (primary N) is 2. The molecule has 0 aliphatic rings. The number of nitrogens with zero attached hydrogens (tertiary/aromatic N) is 4. The molecule has 0 bridgehead atoms. The average Bonchev–Trinajstić information content (AvgIpc) is 3.46. The molecule has 262 valence electrons. The van der Waals surface area contributed by atoms with Gasteiger partial charge in [0.05, 0.1) is 25.7 Å². The number of carbonyl (C=O) groups is 2. The van der Waals surface area contributed by atoms with Crippen LogP contribution in [0.1, 0.15) is 149 Å². The molecule has 2 rings (SSSR count). The molecule has 0 saturated heterocycles. The van der Waals surface area contributed by atoms with Gasteiger partial charge in [0.15, 0.2) is 5.65 Å². The molecule has 0 aliphatic heterocycles. The number of hydrogen-bond acceptors (Lipinski definition) is 9. The van der Waals surface area contributed by atoms with Crippen LogP contribution in [0, 0.1) is 11.8 Å². The van der Waals surface area contributed by atoms with Gasteiger partial charge in [0.1, 0.15) is 11.6 Å². The summed E-state index contributed by atoms with van der Waals surface area (Å²) in [5.74, 6) is -0.623. The molecule has 4 N–H and O–H groups in total. The van der Waals surface area contributed by atoms with E-state index in [1.807, 2.05) is 18.4 Å². The van der Waals surface area contributed by atoms with Gasteiger partial charge in [-0.15, -0.1) is 0 Å². The molecule has 2 heterocycles. The Balaban J connectivity index is 1.61. The SMILES string of the molecule is CCCCCCCCCCCCCCCCCCCC(=O)OCC(CCn1cnc2cnc(N)nc21)COC(=O)[C@@H](N)C(C)CC. The quantitative estimate of drug-likeness (QED) is 0.0696. The van der Waals surface area contributed by atoms with Crippen molar-refractivity contribution in [2.45, 2.75) is 162 Å². The van der Waals surface area contributed by atoms with Crippen LogP contribution in [0.4, 0.5) is 5.95 Å². The summed E-state index contributed by atoms with van der Waals surface area (Å²) in [6.07, 6.45) is 27.2. The summed E-state index contributed by atoms with van der Waals surface area (Å²) < 4.78 is 13.1. The largest absolute Gasteiger partial charge is 0.465 e. The highest BCUT2D eigenvalue weighted by atomic mass is 16.5. The van der Waals surface area contributed by atoms with E-state index < -0.39 is 12.0 Å². The Hall–Kier alpha value is -2.75. The third kappa shape index (κ3) is 16.7. The van der Waals surface area contributed by atoms with E-state index in [1.165, 1.54) is 89.9 Å².